The Bertz CT molecular complexity index is 471. The van der Waals surface area contributed by atoms with Crippen LogP contribution >= 0.6 is 11.8 Å². The summed E-state index contributed by atoms with van der Waals surface area (Å²) in [5.41, 5.74) is 3.02. The lowest BCUT2D eigenvalue weighted by atomic mass is 9.84. The van der Waals surface area contributed by atoms with Gasteiger partial charge in [-0.15, -0.1) is 0 Å². The molecule has 2 unspecified atom stereocenters. The predicted octanol–water partition coefficient (Wildman–Crippen LogP) is 4.00. The van der Waals surface area contributed by atoms with Crippen molar-refractivity contribution in [1.82, 2.24) is 0 Å². The van der Waals surface area contributed by atoms with Crippen LogP contribution in [0.15, 0.2) is 18.2 Å². The summed E-state index contributed by atoms with van der Waals surface area (Å²) >= 11 is 1.18. The van der Waals surface area contributed by atoms with Crippen molar-refractivity contribution in [1.29, 1.82) is 0 Å². The molecule has 2 atom stereocenters. The minimum Gasteiger partial charge on any atom is -0.390 e. The van der Waals surface area contributed by atoms with Crippen molar-refractivity contribution in [3.8, 4) is 0 Å². The number of carbonyl (C=O) groups excluding carboxylic acids is 1. The van der Waals surface area contributed by atoms with E-state index in [2.05, 4.69) is 27.7 Å². The Kier molecular flexibility index (Phi) is 7.60. The van der Waals surface area contributed by atoms with Gasteiger partial charge in [-0.3, -0.25) is 4.79 Å². The van der Waals surface area contributed by atoms with E-state index in [-0.39, 0.29) is 17.0 Å². The van der Waals surface area contributed by atoms with Crippen molar-refractivity contribution >= 4 is 16.9 Å². The molecule has 0 saturated carbocycles. The second kappa shape index (κ2) is 8.70. The smallest absolute Gasteiger partial charge is 0.185 e. The molecule has 0 radical (unpaired) electrons. The zero-order valence-corrected chi connectivity index (χ0v) is 15.0. The van der Waals surface area contributed by atoms with E-state index in [1.165, 1.54) is 18.7 Å². The summed E-state index contributed by atoms with van der Waals surface area (Å²) in [5, 5.41) is 21.0. The normalized spacial score (nSPS) is 14.4. The van der Waals surface area contributed by atoms with Gasteiger partial charge in [0.15, 0.2) is 5.12 Å². The molecule has 22 heavy (non-hydrogen) atoms. The third kappa shape index (κ3) is 5.11. The van der Waals surface area contributed by atoms with Gasteiger partial charge in [0, 0.05) is 12.7 Å². The monoisotopic (exact) mass is 324 g/mol. The molecule has 3 nitrogen and oxygen atoms in total. The van der Waals surface area contributed by atoms with Crippen molar-refractivity contribution in [3.05, 3.63) is 34.9 Å². The number of thioether (sulfide) groups is 1. The fourth-order valence-electron chi connectivity index (χ4n) is 2.62. The van der Waals surface area contributed by atoms with Crippen LogP contribution in [0.4, 0.5) is 0 Å². The Morgan fingerprint density at radius 2 is 1.59 bits per heavy atom. The molecule has 0 saturated heterocycles. The molecule has 124 valence electrons. The van der Waals surface area contributed by atoms with Crippen molar-refractivity contribution in [2.75, 3.05) is 5.75 Å². The molecule has 4 heteroatoms. The highest BCUT2D eigenvalue weighted by Crippen LogP contribution is 2.34. The quantitative estimate of drug-likeness (QED) is 0.796. The number of rotatable bonds is 7. The summed E-state index contributed by atoms with van der Waals surface area (Å²) < 4.78 is 0. The summed E-state index contributed by atoms with van der Waals surface area (Å²) in [6.07, 6.45) is -1.37. The molecule has 0 bridgehead atoms. The van der Waals surface area contributed by atoms with Gasteiger partial charge in [-0.1, -0.05) is 57.7 Å². The highest BCUT2D eigenvalue weighted by Gasteiger charge is 2.25. The minimum absolute atomic E-state index is 0.0344. The Labute approximate surface area is 138 Å². The summed E-state index contributed by atoms with van der Waals surface area (Å²) in [6, 6.07) is 6.05. The van der Waals surface area contributed by atoms with Crippen molar-refractivity contribution in [2.24, 2.45) is 0 Å². The molecule has 1 aromatic rings. The first-order chi connectivity index (χ1) is 10.3. The Balaban J connectivity index is 3.03. The zero-order valence-electron chi connectivity index (χ0n) is 14.2. The molecule has 0 spiro atoms. The highest BCUT2D eigenvalue weighted by atomic mass is 32.2. The van der Waals surface area contributed by atoms with Gasteiger partial charge in [0.25, 0.3) is 0 Å². The van der Waals surface area contributed by atoms with E-state index >= 15 is 0 Å². The fourth-order valence-corrected chi connectivity index (χ4v) is 3.27. The first-order valence-corrected chi connectivity index (χ1v) is 8.86. The number of aliphatic hydroxyl groups excluding tert-OH is 2. The molecule has 1 rings (SSSR count). The lowest BCUT2D eigenvalue weighted by molar-refractivity contribution is -0.109. The molecule has 1 aromatic carbocycles. The average molecular weight is 324 g/mol. The Hall–Kier alpha value is -0.840. The lowest BCUT2D eigenvalue weighted by Gasteiger charge is -2.26. The van der Waals surface area contributed by atoms with E-state index in [1.807, 2.05) is 18.2 Å². The number of carbonyl (C=O) groups is 1. The van der Waals surface area contributed by atoms with E-state index in [1.54, 1.807) is 0 Å². The van der Waals surface area contributed by atoms with E-state index in [0.29, 0.717) is 12.2 Å². The number of benzene rings is 1. The van der Waals surface area contributed by atoms with Crippen LogP contribution in [0.1, 0.15) is 75.7 Å². The first-order valence-electron chi connectivity index (χ1n) is 7.87. The largest absolute Gasteiger partial charge is 0.390 e. The van der Waals surface area contributed by atoms with E-state index in [9.17, 15) is 15.0 Å². The molecule has 0 aromatic heterocycles. The Morgan fingerprint density at radius 1 is 1.09 bits per heavy atom. The topological polar surface area (TPSA) is 57.5 Å². The van der Waals surface area contributed by atoms with Crippen LogP contribution in [-0.4, -0.2) is 27.2 Å². The van der Waals surface area contributed by atoms with Gasteiger partial charge in [0.05, 0.1) is 6.10 Å². The van der Waals surface area contributed by atoms with E-state index < -0.39 is 12.2 Å². The lowest BCUT2D eigenvalue weighted by Crippen LogP contribution is -2.22. The maximum atomic E-state index is 11.0. The van der Waals surface area contributed by atoms with Crippen molar-refractivity contribution < 1.29 is 15.0 Å². The molecule has 0 fully saturated rings. The van der Waals surface area contributed by atoms with Crippen LogP contribution < -0.4 is 0 Å². The standard InChI is InChI=1S/C18H28O3S/c1-11(2)14-7-6-8-15(12(3)4)17(14)18(21)16(20)9-10-22-13(5)19/h6-8,11-12,16,18,20-21H,9-10H2,1-5H3. The summed E-state index contributed by atoms with van der Waals surface area (Å²) in [4.78, 5) is 11.0. The number of hydrogen-bond donors (Lipinski definition) is 2. The highest BCUT2D eigenvalue weighted by molar-refractivity contribution is 8.13. The molecule has 0 amide bonds. The maximum Gasteiger partial charge on any atom is 0.185 e. The molecule has 2 N–H and O–H groups in total. The van der Waals surface area contributed by atoms with Gasteiger partial charge in [0.2, 0.25) is 0 Å². The average Bonchev–Trinajstić information content (AvgIpc) is 2.44. The summed E-state index contributed by atoms with van der Waals surface area (Å²) in [7, 11) is 0. The third-order valence-electron chi connectivity index (χ3n) is 3.80. The third-order valence-corrected chi connectivity index (χ3v) is 4.64. The van der Waals surface area contributed by atoms with Crippen LogP contribution in [0, 0.1) is 0 Å². The molecule has 0 aliphatic heterocycles. The van der Waals surface area contributed by atoms with E-state index in [0.717, 1.165) is 16.7 Å². The second-order valence-corrected chi connectivity index (χ2v) is 7.57. The van der Waals surface area contributed by atoms with Crippen molar-refractivity contribution in [3.63, 3.8) is 0 Å². The van der Waals surface area contributed by atoms with Crippen LogP contribution in [-0.2, 0) is 4.79 Å². The molecule has 0 aliphatic carbocycles. The zero-order chi connectivity index (χ0) is 16.9. The van der Waals surface area contributed by atoms with Crippen LogP contribution in [0.3, 0.4) is 0 Å². The summed E-state index contributed by atoms with van der Waals surface area (Å²) in [5.74, 6) is 1.08. The van der Waals surface area contributed by atoms with Crippen LogP contribution in [0.25, 0.3) is 0 Å². The van der Waals surface area contributed by atoms with Gasteiger partial charge in [-0.05, 0) is 34.9 Å². The molecule has 0 heterocycles. The van der Waals surface area contributed by atoms with E-state index in [4.69, 9.17) is 0 Å². The fraction of sp³-hybridized carbons (Fsp3) is 0.611. The number of aliphatic hydroxyl groups is 2. The van der Waals surface area contributed by atoms with Gasteiger partial charge in [-0.2, -0.15) is 0 Å². The Morgan fingerprint density at radius 3 is 2.00 bits per heavy atom. The minimum atomic E-state index is -0.913. The van der Waals surface area contributed by atoms with Gasteiger partial charge < -0.3 is 10.2 Å². The SMILES string of the molecule is CC(=O)SCCC(O)C(O)c1c(C(C)C)cccc1C(C)C. The van der Waals surface area contributed by atoms with Crippen LogP contribution in [0.5, 0.6) is 0 Å². The molecule has 0 aliphatic rings. The first kappa shape index (κ1) is 19.2. The van der Waals surface area contributed by atoms with Crippen LogP contribution in [0.2, 0.25) is 0 Å². The maximum absolute atomic E-state index is 11.0. The second-order valence-electron chi connectivity index (χ2n) is 6.30. The molecular formula is C18H28O3S. The van der Waals surface area contributed by atoms with Gasteiger partial charge in [-0.25, -0.2) is 0 Å². The predicted molar refractivity (Wildman–Crippen MR) is 93.3 cm³/mol. The molecular weight excluding hydrogens is 296 g/mol. The summed E-state index contributed by atoms with van der Waals surface area (Å²) in [6.45, 7) is 9.88. The van der Waals surface area contributed by atoms with Gasteiger partial charge in [0.1, 0.15) is 6.10 Å². The number of hydrogen-bond acceptors (Lipinski definition) is 4. The van der Waals surface area contributed by atoms with Gasteiger partial charge >= 0.3 is 0 Å². The van der Waals surface area contributed by atoms with Crippen molar-refractivity contribution in [2.45, 2.75) is 65.1 Å².